The highest BCUT2D eigenvalue weighted by Gasteiger charge is 2.25. The van der Waals surface area contributed by atoms with Gasteiger partial charge in [0.2, 0.25) is 0 Å². The first kappa shape index (κ1) is 43.4. The summed E-state index contributed by atoms with van der Waals surface area (Å²) in [5.41, 5.74) is 3.79. The summed E-state index contributed by atoms with van der Waals surface area (Å²) in [5, 5.41) is 43.6. The lowest BCUT2D eigenvalue weighted by Crippen LogP contribution is -2.36. The SMILES string of the molecule is O=C(NCCc1ccc(N=C=S)cc1)c1ccc(C(c2cccc(C(=O)O)n2)N(CCO)CCOCCOCCN(CCO)Cc2cccc(C(=O)O)n2)cc1. The number of nitrogens with one attached hydrogen (secondary N) is 1. The molecular weight excluding hydrogens is 741 g/mol. The Bertz CT molecular complexity index is 1910. The number of carboxylic acid groups (broad SMARTS) is 2. The van der Waals surface area contributed by atoms with Gasteiger partial charge in [0, 0.05) is 44.8 Å². The fourth-order valence-electron chi connectivity index (χ4n) is 5.84. The van der Waals surface area contributed by atoms with Crippen molar-refractivity contribution in [3.8, 4) is 0 Å². The highest BCUT2D eigenvalue weighted by atomic mass is 32.1. The number of aliphatic imine (C=N–C) groups is 1. The summed E-state index contributed by atoms with van der Waals surface area (Å²) < 4.78 is 11.6. The van der Waals surface area contributed by atoms with Crippen molar-refractivity contribution in [3.05, 3.63) is 124 Å². The molecule has 0 spiro atoms. The van der Waals surface area contributed by atoms with Crippen molar-refractivity contribution in [3.63, 3.8) is 0 Å². The number of benzene rings is 2. The predicted molar refractivity (Wildman–Crippen MR) is 211 cm³/mol. The number of aliphatic hydroxyl groups is 2. The van der Waals surface area contributed by atoms with Gasteiger partial charge in [-0.1, -0.05) is 36.4 Å². The minimum atomic E-state index is -1.17. The van der Waals surface area contributed by atoms with Crippen LogP contribution in [0.5, 0.6) is 0 Å². The maximum absolute atomic E-state index is 13.0. The van der Waals surface area contributed by atoms with Gasteiger partial charge in [0.05, 0.1) is 67.9 Å². The van der Waals surface area contributed by atoms with Crippen LogP contribution in [0.15, 0.2) is 89.9 Å². The molecule has 0 radical (unpaired) electrons. The number of ether oxygens (including phenoxy) is 2. The molecule has 4 rings (SSSR count). The highest BCUT2D eigenvalue weighted by molar-refractivity contribution is 7.78. The van der Waals surface area contributed by atoms with Crippen LogP contribution < -0.4 is 5.32 Å². The van der Waals surface area contributed by atoms with Crippen LogP contribution in [-0.4, -0.2) is 136 Å². The summed E-state index contributed by atoms with van der Waals surface area (Å²) in [6.45, 7) is 3.15. The van der Waals surface area contributed by atoms with Crippen molar-refractivity contribution in [2.24, 2.45) is 4.99 Å². The van der Waals surface area contributed by atoms with E-state index in [-0.39, 0.29) is 50.3 Å². The lowest BCUT2D eigenvalue weighted by atomic mass is 9.99. The van der Waals surface area contributed by atoms with E-state index >= 15 is 0 Å². The second kappa shape index (κ2) is 23.6. The van der Waals surface area contributed by atoms with E-state index in [9.17, 15) is 34.8 Å². The zero-order valence-corrected chi connectivity index (χ0v) is 31.6. The molecule has 0 aliphatic rings. The van der Waals surface area contributed by atoms with Crippen LogP contribution in [0.2, 0.25) is 0 Å². The Labute approximate surface area is 330 Å². The first-order chi connectivity index (χ1) is 27.2. The van der Waals surface area contributed by atoms with Crippen molar-refractivity contribution in [1.29, 1.82) is 0 Å². The number of nitrogens with zero attached hydrogens (tertiary/aromatic N) is 5. The van der Waals surface area contributed by atoms with E-state index in [0.717, 1.165) is 11.1 Å². The monoisotopic (exact) mass is 786 g/mol. The second-order valence-corrected chi connectivity index (χ2v) is 12.6. The Balaban J connectivity index is 1.32. The first-order valence-corrected chi connectivity index (χ1v) is 18.4. The summed E-state index contributed by atoms with van der Waals surface area (Å²) in [6.07, 6.45) is 0.623. The van der Waals surface area contributed by atoms with Crippen LogP contribution in [0, 0.1) is 0 Å². The number of amides is 1. The Morgan fingerprint density at radius 3 is 2.05 bits per heavy atom. The highest BCUT2D eigenvalue weighted by Crippen LogP contribution is 2.28. The number of pyridine rings is 2. The van der Waals surface area contributed by atoms with Crippen LogP contribution >= 0.6 is 12.2 Å². The third kappa shape index (κ3) is 14.1. The molecule has 0 saturated heterocycles. The first-order valence-electron chi connectivity index (χ1n) is 18.0. The maximum Gasteiger partial charge on any atom is 0.354 e. The minimum Gasteiger partial charge on any atom is -0.477 e. The summed E-state index contributed by atoms with van der Waals surface area (Å²) in [6, 6.07) is 23.5. The van der Waals surface area contributed by atoms with E-state index in [1.165, 1.54) is 12.1 Å². The number of carbonyl (C=O) groups excluding carboxylic acids is 1. The van der Waals surface area contributed by atoms with Gasteiger partial charge in [-0.05, 0) is 78.3 Å². The molecule has 16 heteroatoms. The molecule has 2 aromatic carbocycles. The fraction of sp³-hybridized carbons (Fsp3) is 0.350. The molecule has 0 aliphatic carbocycles. The van der Waals surface area contributed by atoms with E-state index in [1.54, 1.807) is 48.5 Å². The van der Waals surface area contributed by atoms with Gasteiger partial charge in [-0.2, -0.15) is 4.99 Å². The van der Waals surface area contributed by atoms with Crippen molar-refractivity contribution in [2.75, 3.05) is 72.4 Å². The van der Waals surface area contributed by atoms with E-state index in [2.05, 4.69) is 37.7 Å². The molecule has 2 heterocycles. The zero-order chi connectivity index (χ0) is 40.1. The van der Waals surface area contributed by atoms with Crippen molar-refractivity contribution in [1.82, 2.24) is 25.1 Å². The maximum atomic E-state index is 13.0. The zero-order valence-electron chi connectivity index (χ0n) is 30.8. The molecule has 0 aliphatic heterocycles. The van der Waals surface area contributed by atoms with Crippen LogP contribution in [0.1, 0.15) is 59.9 Å². The lowest BCUT2D eigenvalue weighted by Gasteiger charge is -2.31. The van der Waals surface area contributed by atoms with E-state index in [0.29, 0.717) is 75.0 Å². The van der Waals surface area contributed by atoms with Crippen LogP contribution in [-0.2, 0) is 22.4 Å². The van der Waals surface area contributed by atoms with Crippen LogP contribution in [0.3, 0.4) is 0 Å². The topological polar surface area (TPSA) is 207 Å². The average molecular weight is 787 g/mol. The van der Waals surface area contributed by atoms with Gasteiger partial charge in [-0.15, -0.1) is 0 Å². The van der Waals surface area contributed by atoms with Crippen LogP contribution in [0.25, 0.3) is 0 Å². The van der Waals surface area contributed by atoms with Gasteiger partial charge >= 0.3 is 11.9 Å². The molecule has 5 N–H and O–H groups in total. The number of rotatable bonds is 25. The van der Waals surface area contributed by atoms with E-state index in [4.69, 9.17) is 9.47 Å². The number of thiocarbonyl (C=S) groups is 1. The quantitative estimate of drug-likeness (QED) is 0.0371. The Kier molecular flexibility index (Phi) is 18.3. The Hall–Kier alpha value is -5.29. The molecule has 296 valence electrons. The fourth-order valence-corrected chi connectivity index (χ4v) is 5.95. The normalized spacial score (nSPS) is 11.6. The molecule has 15 nitrogen and oxygen atoms in total. The van der Waals surface area contributed by atoms with Gasteiger partial charge in [-0.3, -0.25) is 14.6 Å². The molecule has 56 heavy (non-hydrogen) atoms. The summed E-state index contributed by atoms with van der Waals surface area (Å²) in [4.78, 5) is 52.4. The number of hydrogen-bond donors (Lipinski definition) is 5. The number of carboxylic acids is 2. The molecule has 0 fully saturated rings. The van der Waals surface area contributed by atoms with Crippen molar-refractivity contribution >= 4 is 40.9 Å². The molecule has 1 unspecified atom stereocenters. The summed E-state index contributed by atoms with van der Waals surface area (Å²) in [5.74, 6) is -2.52. The average Bonchev–Trinajstić information content (AvgIpc) is 3.20. The number of aliphatic hydroxyl groups excluding tert-OH is 2. The molecule has 1 amide bonds. The van der Waals surface area contributed by atoms with Crippen molar-refractivity contribution in [2.45, 2.75) is 19.0 Å². The summed E-state index contributed by atoms with van der Waals surface area (Å²) in [7, 11) is 0. The molecular formula is C40H46N6O9S. The molecule has 0 saturated carbocycles. The van der Waals surface area contributed by atoms with Crippen molar-refractivity contribution < 1.29 is 44.3 Å². The Morgan fingerprint density at radius 2 is 1.41 bits per heavy atom. The second-order valence-electron chi connectivity index (χ2n) is 12.5. The Morgan fingerprint density at radius 1 is 0.768 bits per heavy atom. The van der Waals surface area contributed by atoms with Crippen LogP contribution in [0.4, 0.5) is 5.69 Å². The third-order valence-corrected chi connectivity index (χ3v) is 8.69. The van der Waals surface area contributed by atoms with Gasteiger partial charge in [-0.25, -0.2) is 19.6 Å². The van der Waals surface area contributed by atoms with E-state index < -0.39 is 18.0 Å². The predicted octanol–water partition coefficient (Wildman–Crippen LogP) is 3.49. The number of aromatic nitrogens is 2. The van der Waals surface area contributed by atoms with E-state index in [1.807, 2.05) is 34.1 Å². The number of hydrogen-bond acceptors (Lipinski definition) is 13. The molecule has 4 aromatic rings. The third-order valence-electron chi connectivity index (χ3n) is 8.60. The number of aromatic carboxylic acids is 2. The standard InChI is InChI=1S/C40H46N6O9S/c47-21-17-45(27-33-3-1-5-35(43-33)39(50)51)19-23-54-25-26-55-24-20-46(18-22-48)37(34-4-2-6-36(44-34)40(52)53)30-9-11-31(12-10-30)38(49)41-16-15-29-7-13-32(14-8-29)42-28-56/h1-14,37,47-48H,15-27H2,(H,41,49)(H,50,51)(H,52,53). The summed E-state index contributed by atoms with van der Waals surface area (Å²) >= 11 is 4.64. The smallest absolute Gasteiger partial charge is 0.354 e. The molecule has 0 bridgehead atoms. The minimum absolute atomic E-state index is 0.0448. The molecule has 2 aromatic heterocycles. The van der Waals surface area contributed by atoms with Gasteiger partial charge in [0.25, 0.3) is 5.91 Å². The number of carbonyl (C=O) groups is 3. The van der Waals surface area contributed by atoms with Gasteiger partial charge in [0.15, 0.2) is 0 Å². The molecule has 1 atom stereocenters. The largest absolute Gasteiger partial charge is 0.477 e. The van der Waals surface area contributed by atoms with Gasteiger partial charge in [0.1, 0.15) is 11.4 Å². The lowest BCUT2D eigenvalue weighted by molar-refractivity contribution is 0.0245. The number of isothiocyanates is 1. The van der Waals surface area contributed by atoms with Gasteiger partial charge < -0.3 is 35.2 Å².